The number of carbonyl (C=O) groups excluding carboxylic acids is 1. The summed E-state index contributed by atoms with van der Waals surface area (Å²) < 4.78 is 13.4. The van der Waals surface area contributed by atoms with Crippen LogP contribution in [0.4, 0.5) is 0 Å². The molecule has 0 aromatic carbocycles. The van der Waals surface area contributed by atoms with Gasteiger partial charge in [-0.1, -0.05) is 0 Å². The van der Waals surface area contributed by atoms with Crippen molar-refractivity contribution in [2.45, 2.75) is 31.9 Å². The van der Waals surface area contributed by atoms with Crippen LogP contribution >= 0.6 is 11.3 Å². The number of hydrogen-bond acceptors (Lipinski definition) is 4. The fourth-order valence-corrected chi connectivity index (χ4v) is 4.32. The first-order valence-corrected chi connectivity index (χ1v) is 9.26. The predicted octanol–water partition coefficient (Wildman–Crippen LogP) is 2.74. The van der Waals surface area contributed by atoms with Crippen LogP contribution in [0.15, 0.2) is 17.5 Å². The van der Waals surface area contributed by atoms with Crippen molar-refractivity contribution in [1.29, 1.82) is 0 Å². The van der Waals surface area contributed by atoms with Crippen LogP contribution in [0.25, 0.3) is 10.2 Å². The highest BCUT2D eigenvalue weighted by Crippen LogP contribution is 2.28. The van der Waals surface area contributed by atoms with Crippen molar-refractivity contribution in [3.8, 4) is 0 Å². The zero-order chi connectivity index (χ0) is 15.6. The minimum absolute atomic E-state index is 0.118. The summed E-state index contributed by atoms with van der Waals surface area (Å²) in [5, 5.41) is 3.24. The second-order valence-electron chi connectivity index (χ2n) is 6.21. The first-order chi connectivity index (χ1) is 11.3. The predicted molar refractivity (Wildman–Crippen MR) is 90.1 cm³/mol. The second-order valence-corrected chi connectivity index (χ2v) is 7.11. The molecule has 2 aliphatic heterocycles. The third-order valence-electron chi connectivity index (χ3n) is 4.68. The smallest absolute Gasteiger partial charge is 0.270 e. The summed E-state index contributed by atoms with van der Waals surface area (Å²) in [4.78, 5) is 16.0. The molecular formula is C17H22N2O3S. The van der Waals surface area contributed by atoms with Gasteiger partial charge in [-0.15, -0.1) is 11.3 Å². The molecule has 2 aliphatic rings. The van der Waals surface area contributed by atoms with Crippen molar-refractivity contribution >= 4 is 27.5 Å². The molecule has 0 aliphatic carbocycles. The Kier molecular flexibility index (Phi) is 4.37. The van der Waals surface area contributed by atoms with Gasteiger partial charge < -0.3 is 18.9 Å². The molecule has 4 heterocycles. The van der Waals surface area contributed by atoms with Crippen LogP contribution in [0.1, 0.15) is 29.8 Å². The molecule has 5 nitrogen and oxygen atoms in total. The number of aromatic nitrogens is 1. The fraction of sp³-hybridized carbons (Fsp3) is 0.588. The van der Waals surface area contributed by atoms with Gasteiger partial charge in [-0.25, -0.2) is 0 Å². The highest BCUT2D eigenvalue weighted by Gasteiger charge is 2.25. The Bertz CT molecular complexity index is 681. The van der Waals surface area contributed by atoms with E-state index in [0.29, 0.717) is 26.3 Å². The van der Waals surface area contributed by atoms with Crippen molar-refractivity contribution in [1.82, 2.24) is 9.47 Å². The van der Waals surface area contributed by atoms with Crippen molar-refractivity contribution in [3.05, 3.63) is 23.2 Å². The third kappa shape index (κ3) is 3.03. The minimum atomic E-state index is 0.118. The van der Waals surface area contributed by atoms with Crippen LogP contribution in [0, 0.1) is 0 Å². The Labute approximate surface area is 139 Å². The van der Waals surface area contributed by atoms with E-state index in [2.05, 4.69) is 16.0 Å². The monoisotopic (exact) mass is 334 g/mol. The van der Waals surface area contributed by atoms with Gasteiger partial charge in [-0.3, -0.25) is 4.79 Å². The van der Waals surface area contributed by atoms with Gasteiger partial charge in [0.05, 0.1) is 25.9 Å². The van der Waals surface area contributed by atoms with Crippen LogP contribution < -0.4 is 0 Å². The van der Waals surface area contributed by atoms with Gasteiger partial charge in [0, 0.05) is 25.1 Å². The average molecular weight is 334 g/mol. The van der Waals surface area contributed by atoms with E-state index in [9.17, 15) is 4.79 Å². The summed E-state index contributed by atoms with van der Waals surface area (Å²) in [6, 6.07) is 4.13. The SMILES string of the molecule is O=C(c1cc2ccsc2n1CC1CCCCO1)N1CCOCC1. The molecule has 0 spiro atoms. The van der Waals surface area contributed by atoms with Gasteiger partial charge in [-0.2, -0.15) is 0 Å². The molecule has 1 atom stereocenters. The Morgan fingerprint density at radius 3 is 2.91 bits per heavy atom. The maximum atomic E-state index is 12.9. The van der Waals surface area contributed by atoms with Crippen LogP contribution in [-0.2, 0) is 16.0 Å². The van der Waals surface area contributed by atoms with Gasteiger partial charge in [0.1, 0.15) is 10.5 Å². The largest absolute Gasteiger partial charge is 0.378 e. The summed E-state index contributed by atoms with van der Waals surface area (Å²) >= 11 is 1.70. The van der Waals surface area contributed by atoms with E-state index in [1.165, 1.54) is 11.3 Å². The van der Waals surface area contributed by atoms with Gasteiger partial charge in [0.25, 0.3) is 5.91 Å². The molecule has 0 radical (unpaired) electrons. The zero-order valence-electron chi connectivity index (χ0n) is 13.2. The number of hydrogen-bond donors (Lipinski definition) is 0. The maximum Gasteiger partial charge on any atom is 0.270 e. The lowest BCUT2D eigenvalue weighted by Crippen LogP contribution is -2.41. The first-order valence-electron chi connectivity index (χ1n) is 8.38. The number of ether oxygens (including phenoxy) is 2. The molecule has 2 fully saturated rings. The van der Waals surface area contributed by atoms with Crippen LogP contribution in [0.3, 0.4) is 0 Å². The highest BCUT2D eigenvalue weighted by molar-refractivity contribution is 7.16. The lowest BCUT2D eigenvalue weighted by molar-refractivity contribution is 0.00572. The summed E-state index contributed by atoms with van der Waals surface area (Å²) in [5.74, 6) is 0.118. The van der Waals surface area contributed by atoms with Gasteiger partial charge in [0.15, 0.2) is 0 Å². The van der Waals surface area contributed by atoms with E-state index in [-0.39, 0.29) is 12.0 Å². The Morgan fingerprint density at radius 1 is 1.26 bits per heavy atom. The lowest BCUT2D eigenvalue weighted by Gasteiger charge is -2.28. The normalized spacial score (nSPS) is 22.6. The molecule has 0 saturated carbocycles. The summed E-state index contributed by atoms with van der Waals surface area (Å²) in [5.41, 5.74) is 0.794. The molecule has 6 heteroatoms. The molecule has 1 unspecified atom stereocenters. The van der Waals surface area contributed by atoms with Crippen molar-refractivity contribution in [2.24, 2.45) is 0 Å². The minimum Gasteiger partial charge on any atom is -0.378 e. The number of nitrogens with zero attached hydrogens (tertiary/aromatic N) is 2. The average Bonchev–Trinajstić information content (AvgIpc) is 3.19. The molecule has 0 N–H and O–H groups in total. The van der Waals surface area contributed by atoms with Crippen molar-refractivity contribution in [2.75, 3.05) is 32.9 Å². The number of morpholine rings is 1. The molecule has 0 bridgehead atoms. The van der Waals surface area contributed by atoms with E-state index < -0.39 is 0 Å². The van der Waals surface area contributed by atoms with E-state index in [1.807, 2.05) is 11.0 Å². The summed E-state index contributed by atoms with van der Waals surface area (Å²) in [7, 11) is 0. The van der Waals surface area contributed by atoms with Crippen LogP contribution in [0.5, 0.6) is 0 Å². The van der Waals surface area contributed by atoms with E-state index in [4.69, 9.17) is 9.47 Å². The van der Waals surface area contributed by atoms with Crippen molar-refractivity contribution in [3.63, 3.8) is 0 Å². The van der Waals surface area contributed by atoms with Gasteiger partial charge in [-0.05, 0) is 36.8 Å². The van der Waals surface area contributed by atoms with E-state index >= 15 is 0 Å². The summed E-state index contributed by atoms with van der Waals surface area (Å²) in [6.07, 6.45) is 3.66. The molecule has 124 valence electrons. The maximum absolute atomic E-state index is 12.9. The standard InChI is InChI=1S/C17H22N2O3S/c20-16(18-5-8-21-9-6-18)15-11-13-4-10-23-17(13)19(15)12-14-3-1-2-7-22-14/h4,10-11,14H,1-3,5-9,12H2. The topological polar surface area (TPSA) is 43.7 Å². The summed E-state index contributed by atoms with van der Waals surface area (Å²) in [6.45, 7) is 4.23. The fourth-order valence-electron chi connectivity index (χ4n) is 3.42. The molecule has 2 aromatic heterocycles. The van der Waals surface area contributed by atoms with E-state index in [0.717, 1.165) is 37.1 Å². The molecule has 4 rings (SSSR count). The zero-order valence-corrected chi connectivity index (χ0v) is 14.0. The Morgan fingerprint density at radius 2 is 2.13 bits per heavy atom. The number of thiophene rings is 1. The Balaban J connectivity index is 1.63. The van der Waals surface area contributed by atoms with Crippen LogP contribution in [0.2, 0.25) is 0 Å². The molecule has 1 amide bonds. The highest BCUT2D eigenvalue weighted by atomic mass is 32.1. The third-order valence-corrected chi connectivity index (χ3v) is 5.63. The number of carbonyl (C=O) groups is 1. The van der Waals surface area contributed by atoms with Crippen LogP contribution in [-0.4, -0.2) is 54.4 Å². The second kappa shape index (κ2) is 6.63. The number of rotatable bonds is 3. The van der Waals surface area contributed by atoms with Crippen molar-refractivity contribution < 1.29 is 14.3 Å². The lowest BCUT2D eigenvalue weighted by atomic mass is 10.1. The van der Waals surface area contributed by atoms with Gasteiger partial charge >= 0.3 is 0 Å². The van der Waals surface area contributed by atoms with Gasteiger partial charge in [0.2, 0.25) is 0 Å². The Hall–Kier alpha value is -1.37. The molecule has 2 saturated heterocycles. The quantitative estimate of drug-likeness (QED) is 0.867. The van der Waals surface area contributed by atoms with E-state index in [1.54, 1.807) is 11.3 Å². The first kappa shape index (κ1) is 15.2. The number of amides is 1. The molecule has 2 aromatic rings. The molecule has 23 heavy (non-hydrogen) atoms. The number of fused-ring (bicyclic) bond motifs is 1. The molecular weight excluding hydrogens is 312 g/mol.